The van der Waals surface area contributed by atoms with Crippen LogP contribution in [0.1, 0.15) is 41.5 Å². The molecule has 2 bridgehead atoms. The Hall–Kier alpha value is -3.22. The van der Waals surface area contributed by atoms with E-state index in [-0.39, 0.29) is 6.42 Å². The third-order valence-electron chi connectivity index (χ3n) is 5.55. The molecule has 1 unspecified atom stereocenters. The number of aliphatic carboxylic acids is 1. The molecule has 5 rings (SSSR count). The van der Waals surface area contributed by atoms with Gasteiger partial charge in [0.2, 0.25) is 5.91 Å². The van der Waals surface area contributed by atoms with E-state index in [1.807, 2.05) is 0 Å². The van der Waals surface area contributed by atoms with Crippen LogP contribution in [-0.4, -0.2) is 27.4 Å². The molecule has 0 saturated carbocycles. The monoisotopic (exact) mass is 352 g/mol. The number of benzene rings is 2. The minimum atomic E-state index is -1.78. The lowest BCUT2D eigenvalue weighted by Crippen LogP contribution is -2.68. The lowest BCUT2D eigenvalue weighted by molar-refractivity contribution is -0.572. The van der Waals surface area contributed by atoms with E-state index in [1.165, 1.54) is 6.92 Å². The molecule has 132 valence electrons. The Morgan fingerprint density at radius 2 is 1.62 bits per heavy atom. The smallest absolute Gasteiger partial charge is 0.330 e. The van der Waals surface area contributed by atoms with Crippen molar-refractivity contribution in [2.45, 2.75) is 30.3 Å². The molecule has 3 aliphatic carbocycles. The Balaban J connectivity index is 2.15. The fourth-order valence-corrected chi connectivity index (χ4v) is 4.73. The van der Waals surface area contributed by atoms with Crippen molar-refractivity contribution < 1.29 is 19.6 Å². The molecule has 0 fully saturated rings. The molecule has 0 saturated heterocycles. The molecular weight excluding hydrogens is 336 g/mol. The highest BCUT2D eigenvalue weighted by Gasteiger charge is 2.69. The number of nitrogens with zero attached hydrogens (tertiary/aromatic N) is 1. The summed E-state index contributed by atoms with van der Waals surface area (Å²) in [5.74, 6) is -2.50. The number of hydrogen-bond acceptors (Lipinski definition) is 4. The molecule has 1 atom stereocenters. The number of nitro groups is 1. The van der Waals surface area contributed by atoms with Crippen molar-refractivity contribution in [3.8, 4) is 0 Å². The zero-order valence-electron chi connectivity index (χ0n) is 13.9. The molecule has 0 spiro atoms. The number of carboxylic acid groups (broad SMARTS) is 1. The maximum absolute atomic E-state index is 12.4. The first-order chi connectivity index (χ1) is 12.3. The normalized spacial score (nSPS) is 28.0. The highest BCUT2D eigenvalue weighted by molar-refractivity contribution is 5.90. The predicted octanol–water partition coefficient (Wildman–Crippen LogP) is 2.02. The molecule has 3 aliphatic rings. The van der Waals surface area contributed by atoms with Crippen molar-refractivity contribution >= 4 is 11.9 Å². The van der Waals surface area contributed by atoms with Crippen molar-refractivity contribution in [2.24, 2.45) is 0 Å². The fraction of sp³-hybridized carbons (Fsp3) is 0.263. The summed E-state index contributed by atoms with van der Waals surface area (Å²) < 4.78 is 0. The van der Waals surface area contributed by atoms with Gasteiger partial charge in [-0.3, -0.25) is 14.9 Å². The van der Waals surface area contributed by atoms with E-state index < -0.39 is 33.8 Å². The minimum Gasteiger partial charge on any atom is -0.479 e. The van der Waals surface area contributed by atoms with Gasteiger partial charge in [-0.15, -0.1) is 0 Å². The molecule has 2 aromatic carbocycles. The fourth-order valence-electron chi connectivity index (χ4n) is 4.73. The van der Waals surface area contributed by atoms with Crippen LogP contribution in [0.5, 0.6) is 0 Å². The van der Waals surface area contributed by atoms with Crippen molar-refractivity contribution in [1.82, 2.24) is 5.32 Å². The zero-order chi connectivity index (χ0) is 18.7. The maximum Gasteiger partial charge on any atom is 0.330 e. The SMILES string of the molecule is CC(=O)NC1(C(=O)O)CC2([N+](=O)[O-])c3ccccc3C1c1ccccc12. The third kappa shape index (κ3) is 1.77. The number of carboxylic acids is 1. The van der Waals surface area contributed by atoms with Gasteiger partial charge in [-0.25, -0.2) is 4.79 Å². The molecular formula is C19H16N2O5. The third-order valence-corrected chi connectivity index (χ3v) is 5.55. The summed E-state index contributed by atoms with van der Waals surface area (Å²) in [6.07, 6.45) is -0.333. The summed E-state index contributed by atoms with van der Waals surface area (Å²) in [6, 6.07) is 13.7. The van der Waals surface area contributed by atoms with Crippen molar-refractivity contribution in [3.05, 3.63) is 80.9 Å². The number of rotatable bonds is 3. The summed E-state index contributed by atoms with van der Waals surface area (Å²) in [6.45, 7) is 1.23. The van der Waals surface area contributed by atoms with Crippen LogP contribution in [0.3, 0.4) is 0 Å². The number of carbonyl (C=O) groups excluding carboxylic acids is 1. The van der Waals surface area contributed by atoms with E-state index in [9.17, 15) is 24.8 Å². The van der Waals surface area contributed by atoms with Crippen molar-refractivity contribution in [1.29, 1.82) is 0 Å². The van der Waals surface area contributed by atoms with Gasteiger partial charge < -0.3 is 10.4 Å². The van der Waals surface area contributed by atoms with E-state index in [2.05, 4.69) is 5.32 Å². The number of amides is 1. The Morgan fingerprint density at radius 1 is 1.12 bits per heavy atom. The quantitative estimate of drug-likeness (QED) is 0.649. The van der Waals surface area contributed by atoms with Crippen LogP contribution in [0.4, 0.5) is 0 Å². The summed E-state index contributed by atoms with van der Waals surface area (Å²) in [4.78, 5) is 36.1. The van der Waals surface area contributed by atoms with Crippen LogP contribution in [-0.2, 0) is 15.1 Å². The van der Waals surface area contributed by atoms with Gasteiger partial charge in [0.05, 0.1) is 6.42 Å². The maximum atomic E-state index is 12.4. The molecule has 7 nitrogen and oxygen atoms in total. The standard InChI is InChI=1S/C19H16N2O5/c1-11(22)20-18(17(23)24)10-19(21(25)26)14-8-4-2-6-12(14)16(18)13-7-3-5-9-15(13)19/h2-9,16H,10H2,1H3,(H,20,22)(H,23,24). The van der Waals surface area contributed by atoms with Gasteiger partial charge in [0.15, 0.2) is 5.54 Å². The topological polar surface area (TPSA) is 110 Å². The van der Waals surface area contributed by atoms with Crippen LogP contribution >= 0.6 is 0 Å². The Kier molecular flexibility index (Phi) is 3.21. The number of fused-ring (bicyclic) bond motifs is 1. The van der Waals surface area contributed by atoms with E-state index in [4.69, 9.17) is 0 Å². The summed E-state index contributed by atoms with van der Waals surface area (Å²) in [5.41, 5.74) is -1.35. The molecule has 0 aliphatic heterocycles. The van der Waals surface area contributed by atoms with Crippen LogP contribution in [0.25, 0.3) is 0 Å². The highest BCUT2D eigenvalue weighted by atomic mass is 16.6. The first kappa shape index (κ1) is 16.3. The second-order valence-corrected chi connectivity index (χ2v) is 6.86. The van der Waals surface area contributed by atoms with Gasteiger partial charge in [-0.1, -0.05) is 48.5 Å². The molecule has 2 N–H and O–H groups in total. The second kappa shape index (κ2) is 5.14. The van der Waals surface area contributed by atoms with E-state index in [1.54, 1.807) is 48.5 Å². The van der Waals surface area contributed by atoms with Gasteiger partial charge in [-0.05, 0) is 11.1 Å². The number of carbonyl (C=O) groups is 2. The average Bonchev–Trinajstić information content (AvgIpc) is 2.61. The Bertz CT molecular complexity index is 922. The second-order valence-electron chi connectivity index (χ2n) is 6.86. The Labute approximate surface area is 148 Å². The largest absolute Gasteiger partial charge is 0.479 e. The van der Waals surface area contributed by atoms with Crippen molar-refractivity contribution in [3.63, 3.8) is 0 Å². The van der Waals surface area contributed by atoms with Gasteiger partial charge >= 0.3 is 5.97 Å². The van der Waals surface area contributed by atoms with Crippen LogP contribution in [0.15, 0.2) is 48.5 Å². The molecule has 0 aromatic heterocycles. The lowest BCUT2D eigenvalue weighted by atomic mass is 9.52. The Morgan fingerprint density at radius 3 is 2.04 bits per heavy atom. The van der Waals surface area contributed by atoms with Gasteiger partial charge in [-0.2, -0.15) is 0 Å². The molecule has 1 amide bonds. The first-order valence-electron chi connectivity index (χ1n) is 8.20. The lowest BCUT2D eigenvalue weighted by Gasteiger charge is -2.52. The van der Waals surface area contributed by atoms with E-state index in [0.29, 0.717) is 22.3 Å². The van der Waals surface area contributed by atoms with E-state index >= 15 is 0 Å². The summed E-state index contributed by atoms with van der Waals surface area (Å²) in [7, 11) is 0. The zero-order valence-corrected chi connectivity index (χ0v) is 13.9. The van der Waals surface area contributed by atoms with Crippen molar-refractivity contribution in [2.75, 3.05) is 0 Å². The summed E-state index contributed by atoms with van der Waals surface area (Å²) in [5, 5.41) is 25.0. The van der Waals surface area contributed by atoms with Gasteiger partial charge in [0, 0.05) is 28.9 Å². The summed E-state index contributed by atoms with van der Waals surface area (Å²) >= 11 is 0. The molecule has 26 heavy (non-hydrogen) atoms. The molecule has 0 radical (unpaired) electrons. The molecule has 7 heteroatoms. The predicted molar refractivity (Wildman–Crippen MR) is 91.3 cm³/mol. The molecule has 0 heterocycles. The van der Waals surface area contributed by atoms with Gasteiger partial charge in [0.25, 0.3) is 5.54 Å². The van der Waals surface area contributed by atoms with Crippen LogP contribution in [0, 0.1) is 10.1 Å². The van der Waals surface area contributed by atoms with Gasteiger partial charge in [0.1, 0.15) is 0 Å². The van der Waals surface area contributed by atoms with Crippen LogP contribution in [0.2, 0.25) is 0 Å². The minimum absolute atomic E-state index is 0.333. The molecule has 2 aromatic rings. The average molecular weight is 352 g/mol. The number of nitrogens with one attached hydrogen (secondary N) is 1. The van der Waals surface area contributed by atoms with E-state index in [0.717, 1.165) is 0 Å². The first-order valence-corrected chi connectivity index (χ1v) is 8.20. The number of hydrogen-bond donors (Lipinski definition) is 2. The van der Waals surface area contributed by atoms with Crippen LogP contribution < -0.4 is 5.32 Å². The highest BCUT2D eigenvalue weighted by Crippen LogP contribution is 2.60.